The lowest BCUT2D eigenvalue weighted by Gasteiger charge is -2.29. The Labute approximate surface area is 159 Å². The molecule has 150 valence electrons. The molecule has 27 heavy (non-hydrogen) atoms. The Hall–Kier alpha value is -2.61. The van der Waals surface area contributed by atoms with Gasteiger partial charge in [0, 0.05) is 0 Å². The fourth-order valence-electron chi connectivity index (χ4n) is 2.27. The maximum absolute atomic E-state index is 12.5. The molecule has 1 rings (SSSR count). The van der Waals surface area contributed by atoms with E-state index in [0.29, 0.717) is 29.8 Å². The van der Waals surface area contributed by atoms with E-state index in [1.807, 2.05) is 6.07 Å². The van der Waals surface area contributed by atoms with Crippen LogP contribution in [0.3, 0.4) is 0 Å². The average Bonchev–Trinajstić information content (AvgIpc) is 2.58. The maximum Gasteiger partial charge on any atom is 0.420 e. The van der Waals surface area contributed by atoms with Crippen LogP contribution in [0.5, 0.6) is 0 Å². The highest BCUT2D eigenvalue weighted by atomic mass is 16.6. The maximum atomic E-state index is 12.5. The molecule has 3 N–H and O–H groups in total. The van der Waals surface area contributed by atoms with Crippen molar-refractivity contribution in [3.05, 3.63) is 35.9 Å². The molecule has 0 saturated carbocycles. The Bertz CT molecular complexity index is 627. The van der Waals surface area contributed by atoms with Gasteiger partial charge in [0.05, 0.1) is 0 Å². The number of nitrogens with two attached hydrogens (primary N) is 1. The van der Waals surface area contributed by atoms with E-state index < -0.39 is 29.8 Å². The molecule has 2 amide bonds. The molecule has 0 aliphatic heterocycles. The minimum absolute atomic E-state index is 0.0617. The largest absolute Gasteiger partial charge is 0.480 e. The number of amides is 2. The summed E-state index contributed by atoms with van der Waals surface area (Å²) >= 11 is 0. The van der Waals surface area contributed by atoms with Crippen molar-refractivity contribution in [2.75, 3.05) is 6.54 Å². The van der Waals surface area contributed by atoms with Crippen molar-refractivity contribution in [1.82, 2.24) is 4.90 Å². The second-order valence-corrected chi connectivity index (χ2v) is 7.03. The second kappa shape index (κ2) is 10.5. The summed E-state index contributed by atoms with van der Waals surface area (Å²) in [5.74, 6) is -1.31. The lowest BCUT2D eigenvalue weighted by Crippen LogP contribution is -2.50. The van der Waals surface area contributed by atoms with Gasteiger partial charge >= 0.3 is 18.2 Å². The van der Waals surface area contributed by atoms with Crippen molar-refractivity contribution in [3.8, 4) is 0 Å². The molecular weight excluding hydrogens is 352 g/mol. The predicted octanol–water partition coefficient (Wildman–Crippen LogP) is 3.14. The van der Waals surface area contributed by atoms with Crippen LogP contribution in [0.2, 0.25) is 0 Å². The van der Waals surface area contributed by atoms with E-state index in [4.69, 9.17) is 15.2 Å². The zero-order valence-electron chi connectivity index (χ0n) is 16.0. The third-order valence-electron chi connectivity index (χ3n) is 3.52. The summed E-state index contributed by atoms with van der Waals surface area (Å²) in [5, 5.41) is 9.54. The number of nitrogens with zero attached hydrogens (tertiary/aromatic N) is 1. The molecule has 0 aromatic heterocycles. The smallest absolute Gasteiger partial charge is 0.420 e. The number of benzene rings is 1. The molecule has 1 aromatic rings. The molecule has 0 heterocycles. The molecular formula is C19H28N2O6. The number of rotatable bonds is 8. The third-order valence-corrected chi connectivity index (χ3v) is 3.52. The molecule has 0 aliphatic rings. The molecule has 8 heteroatoms. The summed E-state index contributed by atoms with van der Waals surface area (Å²) in [6.45, 7) is 5.18. The molecule has 0 saturated heterocycles. The van der Waals surface area contributed by atoms with Crippen LogP contribution < -0.4 is 5.73 Å². The van der Waals surface area contributed by atoms with E-state index in [2.05, 4.69) is 0 Å². The topological polar surface area (TPSA) is 119 Å². The Morgan fingerprint density at radius 3 is 2.26 bits per heavy atom. The molecule has 0 bridgehead atoms. The summed E-state index contributed by atoms with van der Waals surface area (Å²) in [6, 6.07) is 7.48. The highest BCUT2D eigenvalue weighted by molar-refractivity contribution is 5.93. The van der Waals surface area contributed by atoms with Crippen molar-refractivity contribution in [1.29, 1.82) is 0 Å². The van der Waals surface area contributed by atoms with Gasteiger partial charge in [-0.2, -0.15) is 4.90 Å². The summed E-state index contributed by atoms with van der Waals surface area (Å²) in [6.07, 6.45) is -1.04. The van der Waals surface area contributed by atoms with Crippen LogP contribution in [0.4, 0.5) is 9.59 Å². The number of carbonyl (C=O) groups is 3. The van der Waals surface area contributed by atoms with E-state index in [0.717, 1.165) is 0 Å². The van der Waals surface area contributed by atoms with E-state index in [-0.39, 0.29) is 13.0 Å². The quantitative estimate of drug-likeness (QED) is 0.665. The minimum Gasteiger partial charge on any atom is -0.480 e. The van der Waals surface area contributed by atoms with E-state index in [1.54, 1.807) is 45.0 Å². The number of unbranched alkanes of at least 4 members (excludes halogenated alkanes) is 1. The number of hydrogen-bond acceptors (Lipinski definition) is 6. The number of carbonyl (C=O) groups excluding carboxylic acids is 2. The van der Waals surface area contributed by atoms with E-state index >= 15 is 0 Å². The Morgan fingerprint density at radius 2 is 1.74 bits per heavy atom. The standard InChI is InChI=1S/C19H28N2O6/c1-19(2,3)27-18(25)21(15(16(22)23)11-7-8-12-20)17(24)26-13-14-9-5-4-6-10-14/h4-6,9-10,15H,7-8,11-13,20H2,1-3H3,(H,22,23). The van der Waals surface area contributed by atoms with Gasteiger partial charge in [0.25, 0.3) is 0 Å². The number of imide groups is 1. The normalized spacial score (nSPS) is 12.1. The number of hydrogen-bond donors (Lipinski definition) is 2. The Kier molecular flexibility index (Phi) is 8.74. The van der Waals surface area contributed by atoms with Gasteiger partial charge in [-0.3, -0.25) is 0 Å². The average molecular weight is 380 g/mol. The summed E-state index contributed by atoms with van der Waals surface area (Å²) in [5.41, 5.74) is 5.26. The highest BCUT2D eigenvalue weighted by Crippen LogP contribution is 2.17. The van der Waals surface area contributed by atoms with Crippen LogP contribution in [0.15, 0.2) is 30.3 Å². The third kappa shape index (κ3) is 8.08. The van der Waals surface area contributed by atoms with Gasteiger partial charge in [-0.25, -0.2) is 14.4 Å². The predicted molar refractivity (Wildman–Crippen MR) is 99.0 cm³/mol. The summed E-state index contributed by atoms with van der Waals surface area (Å²) in [7, 11) is 0. The number of carboxylic acid groups (broad SMARTS) is 1. The minimum atomic E-state index is -1.39. The van der Waals surface area contributed by atoms with Crippen LogP contribution in [-0.4, -0.2) is 46.3 Å². The second-order valence-electron chi connectivity index (χ2n) is 7.03. The van der Waals surface area contributed by atoms with Gasteiger partial charge in [0.15, 0.2) is 0 Å². The molecule has 1 unspecified atom stereocenters. The van der Waals surface area contributed by atoms with Crippen molar-refractivity contribution < 1.29 is 29.0 Å². The Morgan fingerprint density at radius 1 is 1.11 bits per heavy atom. The van der Waals surface area contributed by atoms with Gasteiger partial charge in [0.1, 0.15) is 18.2 Å². The van der Waals surface area contributed by atoms with Crippen molar-refractivity contribution >= 4 is 18.2 Å². The van der Waals surface area contributed by atoms with Crippen molar-refractivity contribution in [2.45, 2.75) is 58.3 Å². The first-order chi connectivity index (χ1) is 12.7. The highest BCUT2D eigenvalue weighted by Gasteiger charge is 2.38. The van der Waals surface area contributed by atoms with Crippen LogP contribution in [0.1, 0.15) is 45.6 Å². The monoisotopic (exact) mass is 380 g/mol. The van der Waals surface area contributed by atoms with E-state index in [1.165, 1.54) is 0 Å². The number of ether oxygens (including phenoxy) is 2. The molecule has 0 fully saturated rings. The lowest BCUT2D eigenvalue weighted by molar-refractivity contribution is -0.143. The molecule has 0 radical (unpaired) electrons. The van der Waals surface area contributed by atoms with Crippen LogP contribution in [-0.2, 0) is 20.9 Å². The first-order valence-corrected chi connectivity index (χ1v) is 8.81. The van der Waals surface area contributed by atoms with E-state index in [9.17, 15) is 19.5 Å². The first-order valence-electron chi connectivity index (χ1n) is 8.81. The molecule has 8 nitrogen and oxygen atoms in total. The summed E-state index contributed by atoms with van der Waals surface area (Å²) in [4.78, 5) is 37.3. The van der Waals surface area contributed by atoms with Gasteiger partial charge in [0.2, 0.25) is 0 Å². The number of aliphatic carboxylic acids is 1. The molecule has 1 atom stereocenters. The van der Waals surface area contributed by atoms with Crippen LogP contribution >= 0.6 is 0 Å². The zero-order chi connectivity index (χ0) is 20.4. The first kappa shape index (κ1) is 22.4. The number of carboxylic acids is 1. The summed E-state index contributed by atoms with van der Waals surface area (Å²) < 4.78 is 10.4. The van der Waals surface area contributed by atoms with Crippen LogP contribution in [0.25, 0.3) is 0 Å². The molecule has 0 spiro atoms. The molecule has 0 aliphatic carbocycles. The van der Waals surface area contributed by atoms with Gasteiger partial charge in [-0.1, -0.05) is 30.3 Å². The van der Waals surface area contributed by atoms with Crippen molar-refractivity contribution in [3.63, 3.8) is 0 Å². The van der Waals surface area contributed by atoms with Gasteiger partial charge in [-0.15, -0.1) is 0 Å². The fourth-order valence-corrected chi connectivity index (χ4v) is 2.27. The Balaban J connectivity index is 2.97. The fraction of sp³-hybridized carbons (Fsp3) is 0.526. The van der Waals surface area contributed by atoms with Crippen LogP contribution in [0, 0.1) is 0 Å². The molecule has 1 aromatic carbocycles. The lowest BCUT2D eigenvalue weighted by atomic mass is 10.1. The zero-order valence-corrected chi connectivity index (χ0v) is 16.0. The van der Waals surface area contributed by atoms with Gasteiger partial charge in [-0.05, 0) is 52.1 Å². The van der Waals surface area contributed by atoms with Gasteiger partial charge < -0.3 is 20.3 Å². The van der Waals surface area contributed by atoms with Crippen molar-refractivity contribution in [2.24, 2.45) is 5.73 Å². The SMILES string of the molecule is CC(C)(C)OC(=O)N(C(=O)OCc1ccccc1)C(CCCCN)C(=O)O.